The normalized spacial score (nSPS) is 17.7. The van der Waals surface area contributed by atoms with Crippen molar-refractivity contribution in [1.82, 2.24) is 15.5 Å². The van der Waals surface area contributed by atoms with E-state index in [1.165, 1.54) is 32.4 Å². The fraction of sp³-hybridized carbons (Fsp3) is 0.941. The second-order valence-corrected chi connectivity index (χ2v) is 6.13. The van der Waals surface area contributed by atoms with E-state index in [0.29, 0.717) is 0 Å². The van der Waals surface area contributed by atoms with E-state index < -0.39 is 0 Å². The highest BCUT2D eigenvalue weighted by Crippen LogP contribution is 2.18. The van der Waals surface area contributed by atoms with Gasteiger partial charge in [-0.1, -0.05) is 0 Å². The van der Waals surface area contributed by atoms with Crippen LogP contribution in [-0.2, 0) is 4.74 Å². The van der Waals surface area contributed by atoms with Gasteiger partial charge in [0.2, 0.25) is 0 Å². The molecule has 0 radical (unpaired) electrons. The van der Waals surface area contributed by atoms with Crippen molar-refractivity contribution in [2.45, 2.75) is 46.0 Å². The monoisotopic (exact) mass is 312 g/mol. The molecule has 2 N–H and O–H groups in total. The van der Waals surface area contributed by atoms with Crippen molar-refractivity contribution in [2.24, 2.45) is 10.9 Å². The van der Waals surface area contributed by atoms with Crippen LogP contribution in [0.2, 0.25) is 0 Å². The van der Waals surface area contributed by atoms with E-state index in [1.807, 2.05) is 6.92 Å². The highest BCUT2D eigenvalue weighted by Gasteiger charge is 2.16. The summed E-state index contributed by atoms with van der Waals surface area (Å²) in [6.07, 6.45) is 6.10. The maximum Gasteiger partial charge on any atom is 0.191 e. The predicted molar refractivity (Wildman–Crippen MR) is 94.5 cm³/mol. The van der Waals surface area contributed by atoms with Gasteiger partial charge in [0.05, 0.1) is 0 Å². The number of unbranched alkanes of at least 4 members (excludes halogenated alkanes) is 1. The van der Waals surface area contributed by atoms with Crippen LogP contribution in [0, 0.1) is 5.92 Å². The molecule has 22 heavy (non-hydrogen) atoms. The summed E-state index contributed by atoms with van der Waals surface area (Å²) in [4.78, 5) is 7.06. The summed E-state index contributed by atoms with van der Waals surface area (Å²) in [5, 5.41) is 6.80. The van der Waals surface area contributed by atoms with Crippen LogP contribution in [0.1, 0.15) is 46.0 Å². The van der Waals surface area contributed by atoms with E-state index in [0.717, 1.165) is 57.6 Å². The van der Waals surface area contributed by atoms with Crippen molar-refractivity contribution in [1.29, 1.82) is 0 Å². The molecule has 1 saturated heterocycles. The molecule has 1 heterocycles. The van der Waals surface area contributed by atoms with Crippen LogP contribution in [0.5, 0.6) is 0 Å². The Kier molecular flexibility index (Phi) is 11.1. The number of guanidine groups is 1. The molecule has 0 saturated carbocycles. The SMILES string of the molecule is CCNC(=NCCCCOCC)NCCC1CCN(C)CC1. The van der Waals surface area contributed by atoms with Crippen molar-refractivity contribution in [2.75, 3.05) is 53.0 Å². The van der Waals surface area contributed by atoms with Crippen LogP contribution >= 0.6 is 0 Å². The first-order valence-corrected chi connectivity index (χ1v) is 9.04. The van der Waals surface area contributed by atoms with Gasteiger partial charge in [-0.05, 0) is 72.0 Å². The standard InChI is InChI=1S/C17H36N4O/c1-4-18-17(19-11-6-7-15-22-5-2)20-12-8-16-9-13-21(3)14-10-16/h16H,4-15H2,1-3H3,(H2,18,19,20). The molecule has 0 spiro atoms. The molecular weight excluding hydrogens is 276 g/mol. The summed E-state index contributed by atoms with van der Waals surface area (Å²) in [6, 6.07) is 0. The second-order valence-electron chi connectivity index (χ2n) is 6.13. The van der Waals surface area contributed by atoms with Crippen molar-refractivity contribution in [3.05, 3.63) is 0 Å². The highest BCUT2D eigenvalue weighted by atomic mass is 16.5. The zero-order valence-corrected chi connectivity index (χ0v) is 14.9. The van der Waals surface area contributed by atoms with Crippen LogP contribution < -0.4 is 10.6 Å². The molecule has 0 aromatic heterocycles. The summed E-state index contributed by atoms with van der Waals surface area (Å²) in [6.45, 7) is 11.1. The van der Waals surface area contributed by atoms with Crippen LogP contribution in [-0.4, -0.2) is 63.8 Å². The van der Waals surface area contributed by atoms with Crippen LogP contribution in [0.3, 0.4) is 0 Å². The largest absolute Gasteiger partial charge is 0.382 e. The third-order valence-electron chi connectivity index (χ3n) is 4.20. The number of ether oxygens (including phenoxy) is 1. The van der Waals surface area contributed by atoms with E-state index in [1.54, 1.807) is 0 Å². The number of hydrogen-bond acceptors (Lipinski definition) is 3. The fourth-order valence-electron chi connectivity index (χ4n) is 2.74. The molecule has 1 rings (SSSR count). The van der Waals surface area contributed by atoms with Gasteiger partial charge in [0.1, 0.15) is 0 Å². The number of nitrogens with zero attached hydrogens (tertiary/aromatic N) is 2. The Morgan fingerprint density at radius 2 is 1.95 bits per heavy atom. The van der Waals surface area contributed by atoms with Crippen molar-refractivity contribution in [3.8, 4) is 0 Å². The Balaban J connectivity index is 2.14. The van der Waals surface area contributed by atoms with Crippen LogP contribution in [0.15, 0.2) is 4.99 Å². The van der Waals surface area contributed by atoms with E-state index >= 15 is 0 Å². The Bertz CT molecular complexity index is 288. The van der Waals surface area contributed by atoms with Gasteiger partial charge in [0.15, 0.2) is 5.96 Å². The molecule has 5 heteroatoms. The highest BCUT2D eigenvalue weighted by molar-refractivity contribution is 5.79. The first kappa shape index (κ1) is 19.2. The molecule has 0 unspecified atom stereocenters. The van der Waals surface area contributed by atoms with Gasteiger partial charge in [0.25, 0.3) is 0 Å². The van der Waals surface area contributed by atoms with E-state index in [4.69, 9.17) is 4.74 Å². The summed E-state index contributed by atoms with van der Waals surface area (Å²) in [5.41, 5.74) is 0. The number of hydrogen-bond donors (Lipinski definition) is 2. The second kappa shape index (κ2) is 12.7. The predicted octanol–water partition coefficient (Wildman–Crippen LogP) is 2.09. The van der Waals surface area contributed by atoms with E-state index in [9.17, 15) is 0 Å². The minimum Gasteiger partial charge on any atom is -0.382 e. The molecule has 0 aromatic rings. The zero-order chi connectivity index (χ0) is 16.0. The Morgan fingerprint density at radius 1 is 1.18 bits per heavy atom. The molecule has 0 bridgehead atoms. The minimum atomic E-state index is 0.810. The zero-order valence-electron chi connectivity index (χ0n) is 14.9. The first-order chi connectivity index (χ1) is 10.8. The average Bonchev–Trinajstić information content (AvgIpc) is 2.52. The lowest BCUT2D eigenvalue weighted by Gasteiger charge is -2.29. The molecule has 1 aliphatic rings. The minimum absolute atomic E-state index is 0.810. The summed E-state index contributed by atoms with van der Waals surface area (Å²) < 4.78 is 5.34. The Labute approximate surface area is 136 Å². The molecular formula is C17H36N4O. The third kappa shape index (κ3) is 9.26. The van der Waals surface area contributed by atoms with Crippen LogP contribution in [0.4, 0.5) is 0 Å². The molecule has 130 valence electrons. The topological polar surface area (TPSA) is 48.9 Å². The Hall–Kier alpha value is -0.810. The first-order valence-electron chi connectivity index (χ1n) is 9.04. The summed E-state index contributed by atoms with van der Waals surface area (Å²) in [5.74, 6) is 1.84. The molecule has 0 aliphatic carbocycles. The quantitative estimate of drug-likeness (QED) is 0.368. The number of piperidine rings is 1. The van der Waals surface area contributed by atoms with Crippen molar-refractivity contribution < 1.29 is 4.74 Å². The van der Waals surface area contributed by atoms with Gasteiger partial charge in [-0.2, -0.15) is 0 Å². The number of nitrogens with one attached hydrogen (secondary N) is 2. The maximum atomic E-state index is 5.34. The maximum absolute atomic E-state index is 5.34. The smallest absolute Gasteiger partial charge is 0.191 e. The lowest BCUT2D eigenvalue weighted by atomic mass is 9.94. The summed E-state index contributed by atoms with van der Waals surface area (Å²) >= 11 is 0. The lowest BCUT2D eigenvalue weighted by Crippen LogP contribution is -2.39. The van der Waals surface area contributed by atoms with E-state index in [-0.39, 0.29) is 0 Å². The number of aliphatic imine (C=N–C) groups is 1. The molecule has 0 atom stereocenters. The molecule has 5 nitrogen and oxygen atoms in total. The van der Waals surface area contributed by atoms with Gasteiger partial charge in [-0.3, -0.25) is 4.99 Å². The summed E-state index contributed by atoms with van der Waals surface area (Å²) in [7, 11) is 2.22. The molecule has 1 fully saturated rings. The van der Waals surface area contributed by atoms with Gasteiger partial charge < -0.3 is 20.3 Å². The van der Waals surface area contributed by atoms with Gasteiger partial charge in [0, 0.05) is 32.8 Å². The molecule has 0 amide bonds. The average molecular weight is 313 g/mol. The number of rotatable bonds is 10. The van der Waals surface area contributed by atoms with Gasteiger partial charge in [-0.25, -0.2) is 0 Å². The molecule has 0 aromatic carbocycles. The van der Waals surface area contributed by atoms with Crippen molar-refractivity contribution >= 4 is 5.96 Å². The van der Waals surface area contributed by atoms with Crippen LogP contribution in [0.25, 0.3) is 0 Å². The Morgan fingerprint density at radius 3 is 2.64 bits per heavy atom. The molecule has 1 aliphatic heterocycles. The number of likely N-dealkylation sites (tertiary alicyclic amines) is 1. The third-order valence-corrected chi connectivity index (χ3v) is 4.20. The van der Waals surface area contributed by atoms with Gasteiger partial charge in [-0.15, -0.1) is 0 Å². The lowest BCUT2D eigenvalue weighted by molar-refractivity contribution is 0.144. The van der Waals surface area contributed by atoms with Crippen molar-refractivity contribution in [3.63, 3.8) is 0 Å². The fourth-order valence-corrected chi connectivity index (χ4v) is 2.74. The van der Waals surface area contributed by atoms with Gasteiger partial charge >= 0.3 is 0 Å². The van der Waals surface area contributed by atoms with E-state index in [2.05, 4.69) is 34.5 Å².